The van der Waals surface area contributed by atoms with Crippen LogP contribution < -0.4 is 0 Å². The van der Waals surface area contributed by atoms with Crippen LogP contribution in [0.25, 0.3) is 0 Å². The van der Waals surface area contributed by atoms with E-state index >= 15 is 0 Å². The smallest absolute Gasteiger partial charge is 0.198 e. The van der Waals surface area contributed by atoms with Gasteiger partial charge in [0, 0.05) is 18.8 Å². The zero-order chi connectivity index (χ0) is 11.4. The first-order chi connectivity index (χ1) is 7.77. The first-order valence-electron chi connectivity index (χ1n) is 5.87. The fraction of sp³-hybridized carbons (Fsp3) is 0.538. The van der Waals surface area contributed by atoms with Crippen molar-refractivity contribution in [1.29, 1.82) is 0 Å². The van der Waals surface area contributed by atoms with Crippen LogP contribution in [-0.2, 0) is 4.79 Å². The van der Waals surface area contributed by atoms with Crippen LogP contribution in [0.3, 0.4) is 0 Å². The van der Waals surface area contributed by atoms with Gasteiger partial charge in [0.05, 0.1) is 6.26 Å². The van der Waals surface area contributed by atoms with Gasteiger partial charge in [-0.3, -0.25) is 9.59 Å². The summed E-state index contributed by atoms with van der Waals surface area (Å²) in [5.41, 5.74) is 0. The van der Waals surface area contributed by atoms with Crippen molar-refractivity contribution in [3.05, 3.63) is 24.2 Å². The molecule has 3 nitrogen and oxygen atoms in total. The minimum Gasteiger partial charge on any atom is -0.461 e. The molecule has 2 rings (SSSR count). The van der Waals surface area contributed by atoms with Crippen LogP contribution in [0.15, 0.2) is 22.8 Å². The molecule has 0 aliphatic heterocycles. The van der Waals surface area contributed by atoms with Crippen LogP contribution in [0.5, 0.6) is 0 Å². The predicted molar refractivity (Wildman–Crippen MR) is 59.2 cm³/mol. The summed E-state index contributed by atoms with van der Waals surface area (Å²) in [6, 6.07) is 3.38. The highest BCUT2D eigenvalue weighted by Crippen LogP contribution is 2.25. The molecule has 1 atom stereocenters. The van der Waals surface area contributed by atoms with Crippen molar-refractivity contribution in [2.75, 3.05) is 0 Å². The maximum atomic E-state index is 11.7. The highest BCUT2D eigenvalue weighted by Gasteiger charge is 2.23. The third-order valence-corrected chi connectivity index (χ3v) is 3.20. The number of rotatable bonds is 4. The van der Waals surface area contributed by atoms with Crippen LogP contribution in [0.1, 0.15) is 49.1 Å². The van der Waals surface area contributed by atoms with Crippen LogP contribution >= 0.6 is 0 Å². The average Bonchev–Trinajstić information content (AvgIpc) is 2.81. The van der Waals surface area contributed by atoms with Gasteiger partial charge in [-0.2, -0.15) is 0 Å². The first kappa shape index (κ1) is 11.1. The normalized spacial score (nSPS) is 21.0. The van der Waals surface area contributed by atoms with Gasteiger partial charge in [0.1, 0.15) is 5.78 Å². The summed E-state index contributed by atoms with van der Waals surface area (Å²) in [6.45, 7) is 0. The Labute approximate surface area is 94.8 Å². The molecule has 1 aromatic rings. The predicted octanol–water partition coefficient (Wildman–Crippen LogP) is 3.00. The Morgan fingerprint density at radius 2 is 2.31 bits per heavy atom. The summed E-state index contributed by atoms with van der Waals surface area (Å²) in [7, 11) is 0. The van der Waals surface area contributed by atoms with Gasteiger partial charge in [-0.25, -0.2) is 0 Å². The summed E-state index contributed by atoms with van der Waals surface area (Å²) in [5.74, 6) is 0.845. The van der Waals surface area contributed by atoms with Gasteiger partial charge in [-0.15, -0.1) is 0 Å². The van der Waals surface area contributed by atoms with E-state index in [0.29, 0.717) is 30.8 Å². The Morgan fingerprint density at radius 1 is 1.44 bits per heavy atom. The fourth-order valence-electron chi connectivity index (χ4n) is 2.23. The van der Waals surface area contributed by atoms with Gasteiger partial charge in [-0.1, -0.05) is 6.42 Å². The van der Waals surface area contributed by atoms with Crippen LogP contribution in [0.2, 0.25) is 0 Å². The van der Waals surface area contributed by atoms with Gasteiger partial charge >= 0.3 is 0 Å². The molecule has 1 saturated carbocycles. The minimum absolute atomic E-state index is 0.00312. The lowest BCUT2D eigenvalue weighted by molar-refractivity contribution is -0.124. The molecule has 1 fully saturated rings. The second kappa shape index (κ2) is 5.10. The van der Waals surface area contributed by atoms with Crippen molar-refractivity contribution in [2.45, 2.75) is 38.5 Å². The number of carbonyl (C=O) groups is 2. The van der Waals surface area contributed by atoms with E-state index in [9.17, 15) is 9.59 Å². The maximum Gasteiger partial charge on any atom is 0.198 e. The zero-order valence-electron chi connectivity index (χ0n) is 9.28. The van der Waals surface area contributed by atoms with Gasteiger partial charge in [0.15, 0.2) is 11.5 Å². The van der Waals surface area contributed by atoms with Gasteiger partial charge in [0.2, 0.25) is 0 Å². The maximum absolute atomic E-state index is 11.7. The van der Waals surface area contributed by atoms with E-state index in [1.54, 1.807) is 12.1 Å². The molecule has 0 bridgehead atoms. The molecule has 1 aliphatic rings. The first-order valence-corrected chi connectivity index (χ1v) is 5.87. The van der Waals surface area contributed by atoms with Crippen molar-refractivity contribution >= 4 is 11.6 Å². The van der Waals surface area contributed by atoms with Gasteiger partial charge in [-0.05, 0) is 31.4 Å². The van der Waals surface area contributed by atoms with Crippen molar-refractivity contribution in [3.63, 3.8) is 0 Å². The van der Waals surface area contributed by atoms with Gasteiger partial charge in [0.25, 0.3) is 0 Å². The van der Waals surface area contributed by atoms with E-state index in [0.717, 1.165) is 19.3 Å². The molecule has 0 spiro atoms. The van der Waals surface area contributed by atoms with E-state index in [1.807, 2.05) is 0 Å². The minimum atomic E-state index is 0.00312. The van der Waals surface area contributed by atoms with E-state index in [-0.39, 0.29) is 11.7 Å². The van der Waals surface area contributed by atoms with Crippen LogP contribution in [0.4, 0.5) is 0 Å². The van der Waals surface area contributed by atoms with E-state index in [4.69, 9.17) is 4.42 Å². The molecule has 0 N–H and O–H groups in total. The number of carbonyl (C=O) groups excluding carboxylic acids is 2. The molecule has 3 heteroatoms. The Kier molecular flexibility index (Phi) is 3.54. The summed E-state index contributed by atoms with van der Waals surface area (Å²) in [5, 5.41) is 0. The molecule has 1 heterocycles. The molecule has 0 saturated heterocycles. The number of Topliss-reactive ketones (excluding diaryl/α,β-unsaturated/α-hetero) is 2. The van der Waals surface area contributed by atoms with Crippen molar-refractivity contribution in [1.82, 2.24) is 0 Å². The summed E-state index contributed by atoms with van der Waals surface area (Å²) >= 11 is 0. The number of hydrogen-bond donors (Lipinski definition) is 0. The van der Waals surface area contributed by atoms with Crippen molar-refractivity contribution in [3.8, 4) is 0 Å². The second-order valence-electron chi connectivity index (χ2n) is 4.35. The molecule has 0 radical (unpaired) electrons. The molecular weight excluding hydrogens is 204 g/mol. The van der Waals surface area contributed by atoms with E-state index in [2.05, 4.69) is 0 Å². The fourth-order valence-corrected chi connectivity index (χ4v) is 2.23. The van der Waals surface area contributed by atoms with Crippen LogP contribution in [-0.4, -0.2) is 11.6 Å². The number of furan rings is 1. The van der Waals surface area contributed by atoms with Crippen LogP contribution in [0, 0.1) is 5.92 Å². The molecular formula is C13H16O3. The van der Waals surface area contributed by atoms with E-state index < -0.39 is 0 Å². The molecule has 16 heavy (non-hydrogen) atoms. The Morgan fingerprint density at radius 3 is 3.00 bits per heavy atom. The highest BCUT2D eigenvalue weighted by molar-refractivity contribution is 5.93. The lowest BCUT2D eigenvalue weighted by Gasteiger charge is -2.19. The lowest BCUT2D eigenvalue weighted by atomic mass is 9.84. The number of ketones is 2. The average molecular weight is 220 g/mol. The Hall–Kier alpha value is -1.38. The molecule has 86 valence electrons. The monoisotopic (exact) mass is 220 g/mol. The quantitative estimate of drug-likeness (QED) is 0.733. The molecule has 0 aromatic carbocycles. The van der Waals surface area contributed by atoms with Gasteiger partial charge < -0.3 is 4.42 Å². The standard InChI is InChI=1S/C13H16O3/c14-11-5-2-1-4-10(11)7-8-12(15)13-6-3-9-16-13/h3,6,9-10H,1-2,4-5,7-8H2. The van der Waals surface area contributed by atoms with E-state index in [1.165, 1.54) is 6.26 Å². The zero-order valence-corrected chi connectivity index (χ0v) is 9.28. The lowest BCUT2D eigenvalue weighted by Crippen LogP contribution is -2.19. The third kappa shape index (κ3) is 2.60. The topological polar surface area (TPSA) is 47.3 Å². The molecule has 1 unspecified atom stereocenters. The summed E-state index contributed by atoms with van der Waals surface area (Å²) in [6.07, 6.45) is 6.37. The molecule has 1 aromatic heterocycles. The molecule has 0 amide bonds. The third-order valence-electron chi connectivity index (χ3n) is 3.20. The SMILES string of the molecule is O=C(CCC1CCCCC1=O)c1ccco1. The summed E-state index contributed by atoms with van der Waals surface area (Å²) in [4.78, 5) is 23.2. The Balaban J connectivity index is 1.83. The van der Waals surface area contributed by atoms with Crippen molar-refractivity contribution in [2.24, 2.45) is 5.92 Å². The summed E-state index contributed by atoms with van der Waals surface area (Å²) < 4.78 is 5.03. The Bertz CT molecular complexity index is 365. The molecule has 1 aliphatic carbocycles. The largest absolute Gasteiger partial charge is 0.461 e. The highest BCUT2D eigenvalue weighted by atomic mass is 16.3. The number of hydrogen-bond acceptors (Lipinski definition) is 3. The second-order valence-corrected chi connectivity index (χ2v) is 4.35. The van der Waals surface area contributed by atoms with Crippen molar-refractivity contribution < 1.29 is 14.0 Å².